The van der Waals surface area contributed by atoms with E-state index < -0.39 is 5.97 Å². The number of nitrogen functional groups attached to an aromatic ring is 1. The van der Waals surface area contributed by atoms with Crippen LogP contribution in [0.5, 0.6) is 5.75 Å². The molecule has 20 heavy (non-hydrogen) atoms. The van der Waals surface area contributed by atoms with Crippen LogP contribution in [0, 0.1) is 0 Å². The number of rotatable bonds is 2. The number of carbonyl (C=O) groups excluding carboxylic acids is 1. The summed E-state index contributed by atoms with van der Waals surface area (Å²) in [6.07, 6.45) is 3.95. The molecule has 2 aliphatic heterocycles. The van der Waals surface area contributed by atoms with Crippen LogP contribution in [0.25, 0.3) is 0 Å². The summed E-state index contributed by atoms with van der Waals surface area (Å²) in [6.45, 7) is 2.07. The number of nitrogens with zero attached hydrogens (tertiary/aromatic N) is 1. The first-order valence-corrected chi connectivity index (χ1v) is 7.25. The molecule has 0 aliphatic carbocycles. The number of halogens is 1. The third-order valence-electron chi connectivity index (χ3n) is 3.72. The highest BCUT2D eigenvalue weighted by molar-refractivity contribution is 6.33. The minimum Gasteiger partial charge on any atom is -0.492 e. The Hall–Kier alpha value is -1.46. The van der Waals surface area contributed by atoms with E-state index in [1.54, 1.807) is 5.06 Å². The first-order chi connectivity index (χ1) is 9.66. The van der Waals surface area contributed by atoms with E-state index >= 15 is 0 Å². The Bertz CT molecular complexity index is 542. The maximum Gasteiger partial charge on any atom is 0.360 e. The predicted octanol–water partition coefficient (Wildman–Crippen LogP) is 2.41. The zero-order valence-corrected chi connectivity index (χ0v) is 11.9. The molecule has 6 heteroatoms. The van der Waals surface area contributed by atoms with Crippen LogP contribution in [-0.4, -0.2) is 30.7 Å². The number of benzene rings is 1. The molecule has 2 N–H and O–H groups in total. The van der Waals surface area contributed by atoms with Gasteiger partial charge in [-0.2, -0.15) is 0 Å². The van der Waals surface area contributed by atoms with Gasteiger partial charge in [0.15, 0.2) is 0 Å². The molecule has 1 fully saturated rings. The Morgan fingerprint density at radius 2 is 2.10 bits per heavy atom. The van der Waals surface area contributed by atoms with Crippen molar-refractivity contribution in [2.75, 3.05) is 25.4 Å². The molecular weight excluding hydrogens is 280 g/mol. The Balaban J connectivity index is 1.84. The van der Waals surface area contributed by atoms with Gasteiger partial charge in [-0.3, -0.25) is 0 Å². The molecule has 0 unspecified atom stereocenters. The van der Waals surface area contributed by atoms with Gasteiger partial charge >= 0.3 is 5.97 Å². The van der Waals surface area contributed by atoms with E-state index in [1.165, 1.54) is 12.5 Å². The lowest BCUT2D eigenvalue weighted by Gasteiger charge is -2.25. The topological polar surface area (TPSA) is 64.8 Å². The van der Waals surface area contributed by atoms with Gasteiger partial charge in [0, 0.05) is 25.1 Å². The fraction of sp³-hybridized carbons (Fsp3) is 0.500. The van der Waals surface area contributed by atoms with Gasteiger partial charge < -0.3 is 15.3 Å². The van der Waals surface area contributed by atoms with E-state index in [1.807, 2.05) is 0 Å². The molecule has 1 aromatic carbocycles. The van der Waals surface area contributed by atoms with Crippen molar-refractivity contribution in [1.82, 2.24) is 5.06 Å². The number of piperidine rings is 1. The summed E-state index contributed by atoms with van der Waals surface area (Å²) in [5, 5.41) is 2.08. The Morgan fingerprint density at radius 1 is 1.35 bits per heavy atom. The average molecular weight is 297 g/mol. The third kappa shape index (κ3) is 2.43. The molecule has 5 nitrogen and oxygen atoms in total. The number of nitrogens with two attached hydrogens (primary N) is 1. The van der Waals surface area contributed by atoms with E-state index in [0.717, 1.165) is 31.5 Å². The molecule has 1 aromatic rings. The van der Waals surface area contributed by atoms with Crippen molar-refractivity contribution in [1.29, 1.82) is 0 Å². The number of carbonyl (C=O) groups is 1. The van der Waals surface area contributed by atoms with Gasteiger partial charge in [0.25, 0.3) is 0 Å². The minimum absolute atomic E-state index is 0.363. The summed E-state index contributed by atoms with van der Waals surface area (Å²) < 4.78 is 5.52. The van der Waals surface area contributed by atoms with Gasteiger partial charge in [-0.05, 0) is 18.9 Å². The maximum atomic E-state index is 12.3. The van der Waals surface area contributed by atoms with Crippen LogP contribution < -0.4 is 10.5 Å². The van der Waals surface area contributed by atoms with Gasteiger partial charge in [0.2, 0.25) is 0 Å². The molecule has 0 radical (unpaired) electrons. The summed E-state index contributed by atoms with van der Waals surface area (Å²) in [5.74, 6) is 0.0980. The molecule has 108 valence electrons. The van der Waals surface area contributed by atoms with E-state index in [9.17, 15) is 4.79 Å². The summed E-state index contributed by atoms with van der Waals surface area (Å²) >= 11 is 6.08. The highest BCUT2D eigenvalue weighted by Crippen LogP contribution is 2.39. The van der Waals surface area contributed by atoms with Crippen molar-refractivity contribution in [3.8, 4) is 5.75 Å². The molecule has 0 spiro atoms. The van der Waals surface area contributed by atoms with Crippen molar-refractivity contribution in [2.45, 2.75) is 25.7 Å². The monoisotopic (exact) mass is 296 g/mol. The van der Waals surface area contributed by atoms with Crippen LogP contribution in [0.3, 0.4) is 0 Å². The Labute approximate surface area is 122 Å². The zero-order chi connectivity index (χ0) is 14.1. The standard InChI is InChI=1S/C14H17ClN2O3/c15-11-8-10(13-9(12(11)16)4-7-19-13)14(18)20-17-5-2-1-3-6-17/h8H,1-7,16H2. The first kappa shape index (κ1) is 13.5. The van der Waals surface area contributed by atoms with Crippen LogP contribution in [-0.2, 0) is 11.3 Å². The largest absolute Gasteiger partial charge is 0.492 e. The second-order valence-corrected chi connectivity index (χ2v) is 5.50. The van der Waals surface area contributed by atoms with Crippen LogP contribution in [0.15, 0.2) is 6.07 Å². The molecular formula is C14H17ClN2O3. The van der Waals surface area contributed by atoms with Gasteiger partial charge in [-0.25, -0.2) is 4.79 Å². The normalized spacial score (nSPS) is 18.4. The SMILES string of the molecule is Nc1c(Cl)cc(C(=O)ON2CCCCC2)c2c1CCO2. The average Bonchev–Trinajstić information content (AvgIpc) is 2.93. The van der Waals surface area contributed by atoms with Gasteiger partial charge in [-0.15, -0.1) is 5.06 Å². The lowest BCUT2D eigenvalue weighted by Crippen LogP contribution is -2.32. The molecule has 0 atom stereocenters. The fourth-order valence-corrected chi connectivity index (χ4v) is 2.86. The second kappa shape index (κ2) is 5.50. The summed E-state index contributed by atoms with van der Waals surface area (Å²) in [6, 6.07) is 1.54. The predicted molar refractivity (Wildman–Crippen MR) is 75.9 cm³/mol. The van der Waals surface area contributed by atoms with Gasteiger partial charge in [0.05, 0.1) is 17.3 Å². The number of anilines is 1. The van der Waals surface area contributed by atoms with E-state index in [4.69, 9.17) is 26.9 Å². The lowest BCUT2D eigenvalue weighted by atomic mass is 10.1. The number of hydrogen-bond acceptors (Lipinski definition) is 5. The molecule has 2 aliphatic rings. The number of hydrogen-bond donors (Lipinski definition) is 1. The van der Waals surface area contributed by atoms with Crippen molar-refractivity contribution in [2.24, 2.45) is 0 Å². The molecule has 0 amide bonds. The van der Waals surface area contributed by atoms with E-state index in [-0.39, 0.29) is 0 Å². The van der Waals surface area contributed by atoms with Crippen LogP contribution >= 0.6 is 11.6 Å². The molecule has 0 bridgehead atoms. The highest BCUT2D eigenvalue weighted by atomic mass is 35.5. The summed E-state index contributed by atoms with van der Waals surface area (Å²) in [7, 11) is 0. The second-order valence-electron chi connectivity index (χ2n) is 5.09. The summed E-state index contributed by atoms with van der Waals surface area (Å²) in [5.41, 5.74) is 7.58. The Kier molecular flexibility index (Phi) is 3.72. The fourth-order valence-electron chi connectivity index (χ4n) is 2.64. The molecule has 1 saturated heterocycles. The maximum absolute atomic E-state index is 12.3. The number of fused-ring (bicyclic) bond motifs is 1. The molecule has 2 heterocycles. The van der Waals surface area contributed by atoms with Crippen molar-refractivity contribution in [3.05, 3.63) is 22.2 Å². The van der Waals surface area contributed by atoms with E-state index in [2.05, 4.69) is 0 Å². The smallest absolute Gasteiger partial charge is 0.360 e. The van der Waals surface area contributed by atoms with Crippen LogP contribution in [0.4, 0.5) is 5.69 Å². The Morgan fingerprint density at radius 3 is 2.85 bits per heavy atom. The number of hydroxylamine groups is 2. The highest BCUT2D eigenvalue weighted by Gasteiger charge is 2.27. The van der Waals surface area contributed by atoms with Crippen LogP contribution in [0.2, 0.25) is 5.02 Å². The third-order valence-corrected chi connectivity index (χ3v) is 4.03. The van der Waals surface area contributed by atoms with Crippen molar-refractivity contribution >= 4 is 23.3 Å². The number of ether oxygens (including phenoxy) is 1. The minimum atomic E-state index is -0.424. The molecule has 3 rings (SSSR count). The van der Waals surface area contributed by atoms with Crippen LogP contribution in [0.1, 0.15) is 35.2 Å². The summed E-state index contributed by atoms with van der Waals surface area (Å²) in [4.78, 5) is 17.7. The quantitative estimate of drug-likeness (QED) is 0.849. The van der Waals surface area contributed by atoms with Crippen molar-refractivity contribution < 1.29 is 14.4 Å². The van der Waals surface area contributed by atoms with Gasteiger partial charge in [0.1, 0.15) is 11.3 Å². The van der Waals surface area contributed by atoms with Crippen molar-refractivity contribution in [3.63, 3.8) is 0 Å². The molecule has 0 saturated carbocycles. The van der Waals surface area contributed by atoms with Gasteiger partial charge in [-0.1, -0.05) is 18.0 Å². The molecule has 0 aromatic heterocycles. The van der Waals surface area contributed by atoms with E-state index in [0.29, 0.717) is 35.1 Å². The lowest BCUT2D eigenvalue weighted by molar-refractivity contribution is -0.119. The first-order valence-electron chi connectivity index (χ1n) is 6.87. The zero-order valence-electron chi connectivity index (χ0n) is 11.2.